The molecule has 0 unspecified atom stereocenters. The van der Waals surface area contributed by atoms with E-state index in [0.29, 0.717) is 0 Å². The van der Waals surface area contributed by atoms with Crippen LogP contribution in [0.15, 0.2) is 35.1 Å². The van der Waals surface area contributed by atoms with Gasteiger partial charge < -0.3 is 5.32 Å². The first-order valence-corrected chi connectivity index (χ1v) is 7.05. The van der Waals surface area contributed by atoms with Crippen molar-refractivity contribution >= 4 is 21.9 Å². The highest BCUT2D eigenvalue weighted by molar-refractivity contribution is 9.10. The first-order valence-electron chi connectivity index (χ1n) is 6.26. The number of halogens is 1. The van der Waals surface area contributed by atoms with E-state index in [1.165, 1.54) is 12.0 Å². The van der Waals surface area contributed by atoms with E-state index in [0.717, 1.165) is 29.1 Å². The molecule has 0 atom stereocenters. The predicted octanol–water partition coefficient (Wildman–Crippen LogP) is 4.16. The number of hydrogen-bond donors (Lipinski definition) is 1. The molecule has 0 bridgehead atoms. The van der Waals surface area contributed by atoms with Crippen LogP contribution in [0.2, 0.25) is 0 Å². The van der Waals surface area contributed by atoms with Gasteiger partial charge in [0.15, 0.2) is 0 Å². The fourth-order valence-electron chi connectivity index (χ4n) is 1.85. The molecule has 0 amide bonds. The molecule has 1 heterocycles. The van der Waals surface area contributed by atoms with Crippen LogP contribution in [0.5, 0.6) is 0 Å². The van der Waals surface area contributed by atoms with Crippen LogP contribution in [-0.2, 0) is 0 Å². The minimum atomic E-state index is 0.907. The Morgan fingerprint density at radius 2 is 2.22 bits per heavy atom. The number of anilines is 1. The molecule has 1 aromatic carbocycles. The van der Waals surface area contributed by atoms with Gasteiger partial charge in [0.05, 0.1) is 5.69 Å². The van der Waals surface area contributed by atoms with Gasteiger partial charge in [-0.15, -0.1) is 0 Å². The van der Waals surface area contributed by atoms with Gasteiger partial charge in [-0.3, -0.25) is 4.57 Å². The van der Waals surface area contributed by atoms with Crippen molar-refractivity contribution in [2.75, 3.05) is 11.9 Å². The number of unbranched alkanes of at least 4 members (excludes halogenated alkanes) is 1. The van der Waals surface area contributed by atoms with E-state index in [1.54, 1.807) is 0 Å². The molecule has 1 N–H and O–H groups in total. The largest absolute Gasteiger partial charge is 0.355 e. The van der Waals surface area contributed by atoms with Gasteiger partial charge in [0.2, 0.25) is 5.95 Å². The molecule has 2 aromatic rings. The van der Waals surface area contributed by atoms with Crippen LogP contribution in [0.1, 0.15) is 25.3 Å². The van der Waals surface area contributed by atoms with Gasteiger partial charge in [0, 0.05) is 23.4 Å². The van der Waals surface area contributed by atoms with Crippen molar-refractivity contribution in [3.8, 4) is 5.69 Å². The van der Waals surface area contributed by atoms with Gasteiger partial charge in [-0.1, -0.05) is 35.3 Å². The number of benzene rings is 1. The Morgan fingerprint density at radius 3 is 3.00 bits per heavy atom. The van der Waals surface area contributed by atoms with Crippen LogP contribution in [-0.4, -0.2) is 16.1 Å². The molecule has 0 aliphatic rings. The first kappa shape index (κ1) is 13.1. The van der Waals surface area contributed by atoms with E-state index >= 15 is 0 Å². The average Bonchev–Trinajstić information content (AvgIpc) is 2.81. The van der Waals surface area contributed by atoms with Crippen LogP contribution >= 0.6 is 15.9 Å². The predicted molar refractivity (Wildman–Crippen MR) is 79.4 cm³/mol. The number of hydrogen-bond acceptors (Lipinski definition) is 2. The molecule has 0 spiro atoms. The number of aryl methyl sites for hydroxylation is 1. The van der Waals surface area contributed by atoms with Gasteiger partial charge in [-0.25, -0.2) is 4.98 Å². The number of aromatic nitrogens is 2. The summed E-state index contributed by atoms with van der Waals surface area (Å²) in [5, 5.41) is 3.38. The molecule has 0 saturated carbocycles. The highest BCUT2D eigenvalue weighted by Crippen LogP contribution is 2.22. The third kappa shape index (κ3) is 2.93. The van der Waals surface area contributed by atoms with Crippen LogP contribution in [0.25, 0.3) is 5.69 Å². The summed E-state index contributed by atoms with van der Waals surface area (Å²) in [5.41, 5.74) is 2.38. The van der Waals surface area contributed by atoms with Crippen LogP contribution in [0, 0.1) is 6.92 Å². The second kappa shape index (κ2) is 6.05. The smallest absolute Gasteiger partial charge is 0.207 e. The lowest BCUT2D eigenvalue weighted by Gasteiger charge is -2.12. The number of nitrogens with zero attached hydrogens (tertiary/aromatic N) is 2. The number of rotatable bonds is 5. The summed E-state index contributed by atoms with van der Waals surface area (Å²) in [5.74, 6) is 0.907. The maximum absolute atomic E-state index is 4.37. The Morgan fingerprint density at radius 1 is 1.39 bits per heavy atom. The lowest BCUT2D eigenvalue weighted by atomic mass is 10.2. The second-order valence-electron chi connectivity index (χ2n) is 4.33. The molecule has 0 saturated heterocycles. The van der Waals surface area contributed by atoms with E-state index in [9.17, 15) is 0 Å². The average molecular weight is 308 g/mol. The first-order chi connectivity index (χ1) is 8.72. The van der Waals surface area contributed by atoms with Gasteiger partial charge in [-0.2, -0.15) is 0 Å². The van der Waals surface area contributed by atoms with Crippen molar-refractivity contribution in [1.29, 1.82) is 0 Å². The summed E-state index contributed by atoms with van der Waals surface area (Å²) in [6, 6.07) is 6.28. The van der Waals surface area contributed by atoms with E-state index in [1.807, 2.05) is 12.4 Å². The Balaban J connectivity index is 2.27. The van der Waals surface area contributed by atoms with Crippen molar-refractivity contribution < 1.29 is 0 Å². The second-order valence-corrected chi connectivity index (χ2v) is 5.25. The molecule has 0 aliphatic carbocycles. The van der Waals surface area contributed by atoms with Gasteiger partial charge in [0.25, 0.3) is 0 Å². The quantitative estimate of drug-likeness (QED) is 0.841. The highest BCUT2D eigenvalue weighted by Gasteiger charge is 2.07. The van der Waals surface area contributed by atoms with E-state index in [-0.39, 0.29) is 0 Å². The normalized spacial score (nSPS) is 10.6. The molecule has 96 valence electrons. The van der Waals surface area contributed by atoms with Crippen molar-refractivity contribution in [2.24, 2.45) is 0 Å². The lowest BCUT2D eigenvalue weighted by molar-refractivity contribution is 0.822. The van der Waals surface area contributed by atoms with Crippen molar-refractivity contribution in [3.05, 3.63) is 40.6 Å². The summed E-state index contributed by atoms with van der Waals surface area (Å²) in [4.78, 5) is 4.37. The molecule has 4 heteroatoms. The summed E-state index contributed by atoms with van der Waals surface area (Å²) in [6.07, 6.45) is 6.16. The Bertz CT molecular complexity index is 520. The van der Waals surface area contributed by atoms with Crippen molar-refractivity contribution in [2.45, 2.75) is 26.7 Å². The standard InChI is InChI=1S/C14H18BrN3/c1-3-4-7-16-14-17-8-9-18(14)13-10-12(15)6-5-11(13)2/h5-6,8-10H,3-4,7H2,1-2H3,(H,16,17). The topological polar surface area (TPSA) is 29.9 Å². The Labute approximate surface area is 116 Å². The highest BCUT2D eigenvalue weighted by atomic mass is 79.9. The monoisotopic (exact) mass is 307 g/mol. The van der Waals surface area contributed by atoms with Crippen molar-refractivity contribution in [3.63, 3.8) is 0 Å². The summed E-state index contributed by atoms with van der Waals surface area (Å²) >= 11 is 3.52. The molecular weight excluding hydrogens is 290 g/mol. The molecule has 18 heavy (non-hydrogen) atoms. The number of nitrogens with one attached hydrogen (secondary N) is 1. The third-order valence-corrected chi connectivity index (χ3v) is 3.38. The van der Waals surface area contributed by atoms with Gasteiger partial charge in [0.1, 0.15) is 0 Å². The zero-order chi connectivity index (χ0) is 13.0. The van der Waals surface area contributed by atoms with E-state index in [2.05, 4.69) is 62.8 Å². The molecule has 0 radical (unpaired) electrons. The zero-order valence-corrected chi connectivity index (χ0v) is 12.4. The van der Waals surface area contributed by atoms with E-state index < -0.39 is 0 Å². The minimum absolute atomic E-state index is 0.907. The fourth-order valence-corrected chi connectivity index (χ4v) is 2.20. The fraction of sp³-hybridized carbons (Fsp3) is 0.357. The summed E-state index contributed by atoms with van der Waals surface area (Å²) < 4.78 is 3.17. The molecule has 0 fully saturated rings. The van der Waals surface area contributed by atoms with E-state index in [4.69, 9.17) is 0 Å². The molecule has 3 nitrogen and oxygen atoms in total. The molecule has 1 aromatic heterocycles. The van der Waals surface area contributed by atoms with Crippen LogP contribution in [0.3, 0.4) is 0 Å². The Hall–Kier alpha value is -1.29. The minimum Gasteiger partial charge on any atom is -0.355 e. The summed E-state index contributed by atoms with van der Waals surface area (Å²) in [7, 11) is 0. The molecule has 0 aliphatic heterocycles. The maximum Gasteiger partial charge on any atom is 0.207 e. The Kier molecular flexibility index (Phi) is 4.42. The van der Waals surface area contributed by atoms with Gasteiger partial charge >= 0.3 is 0 Å². The van der Waals surface area contributed by atoms with Crippen LogP contribution in [0.4, 0.5) is 5.95 Å². The SMILES string of the molecule is CCCCNc1nccn1-c1cc(Br)ccc1C. The lowest BCUT2D eigenvalue weighted by Crippen LogP contribution is -2.08. The van der Waals surface area contributed by atoms with Gasteiger partial charge in [-0.05, 0) is 31.0 Å². The number of imidazole rings is 1. The maximum atomic E-state index is 4.37. The third-order valence-electron chi connectivity index (χ3n) is 2.88. The summed E-state index contributed by atoms with van der Waals surface area (Å²) in [6.45, 7) is 5.25. The molecule has 2 rings (SSSR count). The zero-order valence-electron chi connectivity index (χ0n) is 10.8. The van der Waals surface area contributed by atoms with Crippen LogP contribution < -0.4 is 5.32 Å². The molecular formula is C14H18BrN3. The van der Waals surface area contributed by atoms with Crippen molar-refractivity contribution in [1.82, 2.24) is 9.55 Å².